The summed E-state index contributed by atoms with van der Waals surface area (Å²) in [6.07, 6.45) is 16.6. The van der Waals surface area contributed by atoms with Crippen LogP contribution in [0.1, 0.15) is 90.9 Å². The van der Waals surface area contributed by atoms with Crippen LogP contribution in [0.4, 0.5) is 0 Å². The predicted octanol–water partition coefficient (Wildman–Crippen LogP) is 3.46. The van der Waals surface area contributed by atoms with Gasteiger partial charge < -0.3 is 20.6 Å². The Morgan fingerprint density at radius 3 is 1.88 bits per heavy atom. The molecule has 0 radical (unpaired) electrons. The van der Waals surface area contributed by atoms with Crippen LogP contribution in [0.2, 0.25) is 0 Å². The second-order valence-electron chi connectivity index (χ2n) is 7.22. The van der Waals surface area contributed by atoms with Gasteiger partial charge in [-0.1, -0.05) is 83.3 Å². The van der Waals surface area contributed by atoms with Crippen molar-refractivity contribution in [1.82, 2.24) is 5.32 Å². The van der Waals surface area contributed by atoms with E-state index in [-0.39, 0.29) is 6.61 Å². The highest BCUT2D eigenvalue weighted by Crippen LogP contribution is 2.12. The van der Waals surface area contributed by atoms with E-state index in [0.717, 1.165) is 12.8 Å². The van der Waals surface area contributed by atoms with Gasteiger partial charge in [-0.2, -0.15) is 0 Å². The van der Waals surface area contributed by atoms with Gasteiger partial charge in [0.25, 0.3) is 0 Å². The standard InChI is InChI=1S/C21H41NO4/c1-3-4-5-6-7-8-9-10-11-12-13-14-15-16-20(25)19(17-23)22-21(26)18(2)24/h15-16,18-20,23-25H,3-14,17H2,1-2H3,(H,22,26)/b16-15+/t18?,19-,20+/m0/s1. The van der Waals surface area contributed by atoms with E-state index in [4.69, 9.17) is 5.11 Å². The number of hydrogen-bond donors (Lipinski definition) is 4. The Morgan fingerprint density at radius 2 is 1.42 bits per heavy atom. The number of hydrogen-bond acceptors (Lipinski definition) is 4. The zero-order valence-corrected chi connectivity index (χ0v) is 16.8. The fourth-order valence-corrected chi connectivity index (χ4v) is 2.84. The van der Waals surface area contributed by atoms with Crippen LogP contribution >= 0.6 is 0 Å². The van der Waals surface area contributed by atoms with Crippen molar-refractivity contribution in [2.24, 2.45) is 0 Å². The summed E-state index contributed by atoms with van der Waals surface area (Å²) in [5, 5.41) is 30.8. The second kappa shape index (κ2) is 17.5. The van der Waals surface area contributed by atoms with E-state index in [9.17, 15) is 15.0 Å². The number of carbonyl (C=O) groups excluding carboxylic acids is 1. The molecule has 3 atom stereocenters. The molecule has 26 heavy (non-hydrogen) atoms. The maximum Gasteiger partial charge on any atom is 0.248 e. The molecule has 0 aromatic carbocycles. The molecule has 5 heteroatoms. The van der Waals surface area contributed by atoms with E-state index < -0.39 is 24.2 Å². The Hall–Kier alpha value is -0.910. The van der Waals surface area contributed by atoms with E-state index in [1.807, 2.05) is 6.08 Å². The maximum absolute atomic E-state index is 11.4. The molecule has 0 fully saturated rings. The van der Waals surface area contributed by atoms with Gasteiger partial charge in [-0.15, -0.1) is 0 Å². The molecule has 154 valence electrons. The molecular formula is C21H41NO4. The monoisotopic (exact) mass is 371 g/mol. The van der Waals surface area contributed by atoms with Gasteiger partial charge in [-0.3, -0.25) is 4.79 Å². The van der Waals surface area contributed by atoms with E-state index in [2.05, 4.69) is 12.2 Å². The van der Waals surface area contributed by atoms with Gasteiger partial charge >= 0.3 is 0 Å². The van der Waals surface area contributed by atoms with Crippen LogP contribution < -0.4 is 5.32 Å². The SMILES string of the molecule is CCCCCCCCCCCCC/C=C/[C@@H](O)[C@H](CO)NC(=O)C(C)O. The van der Waals surface area contributed by atoms with E-state index in [1.54, 1.807) is 6.08 Å². The maximum atomic E-state index is 11.4. The van der Waals surface area contributed by atoms with Crippen molar-refractivity contribution in [3.8, 4) is 0 Å². The molecule has 1 amide bonds. The summed E-state index contributed by atoms with van der Waals surface area (Å²) in [5.74, 6) is -0.595. The summed E-state index contributed by atoms with van der Waals surface area (Å²) in [4.78, 5) is 11.4. The quantitative estimate of drug-likeness (QED) is 0.233. The fraction of sp³-hybridized carbons (Fsp3) is 0.857. The van der Waals surface area contributed by atoms with Crippen LogP contribution in [0.15, 0.2) is 12.2 Å². The topological polar surface area (TPSA) is 89.8 Å². The molecule has 1 unspecified atom stereocenters. The van der Waals surface area contributed by atoms with Crippen LogP contribution in [-0.4, -0.2) is 46.1 Å². The second-order valence-corrected chi connectivity index (χ2v) is 7.22. The van der Waals surface area contributed by atoms with Crippen LogP contribution in [0.25, 0.3) is 0 Å². The Labute approximate surface area is 159 Å². The lowest BCUT2D eigenvalue weighted by atomic mass is 10.0. The highest BCUT2D eigenvalue weighted by molar-refractivity contribution is 5.80. The molecule has 0 heterocycles. The average molecular weight is 372 g/mol. The van der Waals surface area contributed by atoms with E-state index >= 15 is 0 Å². The lowest BCUT2D eigenvalue weighted by Crippen LogP contribution is -2.48. The number of aliphatic hydroxyl groups excluding tert-OH is 3. The van der Waals surface area contributed by atoms with Crippen molar-refractivity contribution in [3.63, 3.8) is 0 Å². The molecule has 0 rings (SSSR count). The molecule has 0 aromatic rings. The summed E-state index contributed by atoms with van der Waals surface area (Å²) < 4.78 is 0. The zero-order valence-electron chi connectivity index (χ0n) is 16.8. The lowest BCUT2D eigenvalue weighted by molar-refractivity contribution is -0.130. The molecule has 0 saturated heterocycles. The van der Waals surface area contributed by atoms with E-state index in [0.29, 0.717) is 0 Å². The third kappa shape index (κ3) is 14.3. The van der Waals surface area contributed by atoms with Gasteiger partial charge in [0.1, 0.15) is 6.10 Å². The number of allylic oxidation sites excluding steroid dienone is 1. The van der Waals surface area contributed by atoms with Crippen LogP contribution in [-0.2, 0) is 4.79 Å². The number of aliphatic hydroxyl groups is 3. The average Bonchev–Trinajstić information content (AvgIpc) is 2.62. The van der Waals surface area contributed by atoms with Gasteiger partial charge in [0.05, 0.1) is 18.8 Å². The first-order valence-electron chi connectivity index (χ1n) is 10.5. The van der Waals surface area contributed by atoms with Gasteiger partial charge in [0, 0.05) is 0 Å². The number of rotatable bonds is 17. The largest absolute Gasteiger partial charge is 0.394 e. The van der Waals surface area contributed by atoms with Crippen LogP contribution in [0.5, 0.6) is 0 Å². The fourth-order valence-electron chi connectivity index (χ4n) is 2.84. The van der Waals surface area contributed by atoms with Crippen molar-refractivity contribution in [1.29, 1.82) is 0 Å². The lowest BCUT2D eigenvalue weighted by Gasteiger charge is -2.20. The van der Waals surface area contributed by atoms with Crippen molar-refractivity contribution in [2.45, 2.75) is 109 Å². The van der Waals surface area contributed by atoms with Crippen molar-refractivity contribution >= 4 is 5.91 Å². The molecule has 0 aliphatic heterocycles. The summed E-state index contributed by atoms with van der Waals surface area (Å²) in [5.41, 5.74) is 0. The Morgan fingerprint density at radius 1 is 0.923 bits per heavy atom. The molecule has 0 aromatic heterocycles. The number of nitrogens with one attached hydrogen (secondary N) is 1. The minimum atomic E-state index is -1.16. The molecule has 0 bridgehead atoms. The molecule has 0 aliphatic rings. The molecule has 4 N–H and O–H groups in total. The first kappa shape index (κ1) is 25.1. The first-order chi connectivity index (χ1) is 12.5. The van der Waals surface area contributed by atoms with Crippen molar-refractivity contribution in [2.75, 3.05) is 6.61 Å². The number of carbonyl (C=O) groups is 1. The third-order valence-corrected chi connectivity index (χ3v) is 4.62. The normalized spacial score (nSPS) is 15.1. The first-order valence-corrected chi connectivity index (χ1v) is 10.5. The summed E-state index contributed by atoms with van der Waals surface area (Å²) in [7, 11) is 0. The Bertz CT molecular complexity index is 358. The van der Waals surface area contributed by atoms with Gasteiger partial charge in [0.2, 0.25) is 5.91 Å². The van der Waals surface area contributed by atoms with Gasteiger partial charge in [-0.05, 0) is 19.8 Å². The summed E-state index contributed by atoms with van der Waals surface area (Å²) in [6, 6.07) is -0.786. The van der Waals surface area contributed by atoms with Crippen LogP contribution in [0.3, 0.4) is 0 Å². The Balaban J connectivity index is 3.62. The van der Waals surface area contributed by atoms with Crippen molar-refractivity contribution in [3.05, 3.63) is 12.2 Å². The molecule has 0 saturated carbocycles. The minimum Gasteiger partial charge on any atom is -0.394 e. The summed E-state index contributed by atoms with van der Waals surface area (Å²) >= 11 is 0. The molecule has 0 aliphatic carbocycles. The summed E-state index contributed by atoms with van der Waals surface area (Å²) in [6.45, 7) is 3.22. The minimum absolute atomic E-state index is 0.373. The highest BCUT2D eigenvalue weighted by atomic mass is 16.3. The molecular weight excluding hydrogens is 330 g/mol. The van der Waals surface area contributed by atoms with Gasteiger partial charge in [0.15, 0.2) is 0 Å². The molecule has 5 nitrogen and oxygen atoms in total. The van der Waals surface area contributed by atoms with Crippen molar-refractivity contribution < 1.29 is 20.1 Å². The van der Waals surface area contributed by atoms with Crippen LogP contribution in [0, 0.1) is 0 Å². The number of amides is 1. The van der Waals surface area contributed by atoms with E-state index in [1.165, 1.54) is 71.1 Å². The molecule has 0 spiro atoms. The Kier molecular flexibility index (Phi) is 16.9. The smallest absolute Gasteiger partial charge is 0.248 e. The number of unbranched alkanes of at least 4 members (excludes halogenated alkanes) is 11. The highest BCUT2D eigenvalue weighted by Gasteiger charge is 2.20. The van der Waals surface area contributed by atoms with Gasteiger partial charge in [-0.25, -0.2) is 0 Å². The predicted molar refractivity (Wildman–Crippen MR) is 107 cm³/mol. The zero-order chi connectivity index (χ0) is 19.6. The third-order valence-electron chi connectivity index (χ3n) is 4.62.